The molecule has 1 N–H and O–H groups in total. The lowest BCUT2D eigenvalue weighted by molar-refractivity contribution is -0.137. The predicted molar refractivity (Wildman–Crippen MR) is 67.2 cm³/mol. The number of imide groups is 1. The highest BCUT2D eigenvalue weighted by atomic mass is 32.2. The lowest BCUT2D eigenvalue weighted by atomic mass is 10.0. The van der Waals surface area contributed by atoms with Gasteiger partial charge in [-0.05, 0) is 11.8 Å². The fourth-order valence-corrected chi connectivity index (χ4v) is 4.16. The monoisotopic (exact) mass is 276 g/mol. The van der Waals surface area contributed by atoms with Crippen molar-refractivity contribution in [1.82, 2.24) is 9.62 Å². The van der Waals surface area contributed by atoms with E-state index >= 15 is 0 Å². The van der Waals surface area contributed by atoms with Crippen LogP contribution in [0, 0.1) is 5.41 Å². The Labute approximate surface area is 108 Å². The van der Waals surface area contributed by atoms with Crippen molar-refractivity contribution < 1.29 is 18.0 Å². The van der Waals surface area contributed by atoms with Gasteiger partial charge in [-0.15, -0.1) is 0 Å². The van der Waals surface area contributed by atoms with Crippen molar-refractivity contribution >= 4 is 21.8 Å². The Morgan fingerprint density at radius 2 is 1.89 bits per heavy atom. The van der Waals surface area contributed by atoms with E-state index in [-0.39, 0.29) is 12.3 Å². The molecule has 1 fully saturated rings. The summed E-state index contributed by atoms with van der Waals surface area (Å²) >= 11 is 0. The zero-order chi connectivity index (χ0) is 14.1. The Kier molecular flexibility index (Phi) is 4.17. The molecule has 1 unspecified atom stereocenters. The van der Waals surface area contributed by atoms with E-state index in [1.165, 1.54) is 0 Å². The van der Waals surface area contributed by atoms with Crippen LogP contribution in [-0.4, -0.2) is 42.9 Å². The number of nitrogens with one attached hydrogen (secondary N) is 1. The molecule has 0 bridgehead atoms. The van der Waals surface area contributed by atoms with E-state index in [4.69, 9.17) is 0 Å². The van der Waals surface area contributed by atoms with E-state index in [2.05, 4.69) is 5.32 Å². The van der Waals surface area contributed by atoms with E-state index < -0.39 is 33.3 Å². The number of piperazine rings is 1. The van der Waals surface area contributed by atoms with Gasteiger partial charge in [-0.3, -0.25) is 14.9 Å². The lowest BCUT2D eigenvalue weighted by Gasteiger charge is -2.34. The third-order valence-corrected chi connectivity index (χ3v) is 4.90. The summed E-state index contributed by atoms with van der Waals surface area (Å²) in [6.07, 6.45) is 0.350. The van der Waals surface area contributed by atoms with E-state index in [0.29, 0.717) is 6.42 Å². The molecule has 0 aromatic heterocycles. The van der Waals surface area contributed by atoms with Gasteiger partial charge in [0.25, 0.3) is 0 Å². The van der Waals surface area contributed by atoms with Gasteiger partial charge in [-0.25, -0.2) is 8.42 Å². The number of sulfonamides is 1. The number of hydrogen-bond donors (Lipinski definition) is 1. The average Bonchev–Trinajstić information content (AvgIpc) is 2.12. The number of carbonyl (C=O) groups is 2. The van der Waals surface area contributed by atoms with Crippen molar-refractivity contribution in [3.05, 3.63) is 0 Å². The predicted octanol–water partition coefficient (Wildman–Crippen LogP) is 0.0993. The second kappa shape index (κ2) is 4.97. The number of amides is 2. The number of rotatable bonds is 3. The zero-order valence-electron chi connectivity index (χ0n) is 11.2. The third-order valence-electron chi connectivity index (χ3n) is 2.57. The Morgan fingerprint density at radius 3 is 2.33 bits per heavy atom. The topological polar surface area (TPSA) is 83.6 Å². The van der Waals surface area contributed by atoms with Crippen LogP contribution in [0.2, 0.25) is 0 Å². The van der Waals surface area contributed by atoms with Gasteiger partial charge in [0.05, 0.1) is 12.3 Å². The minimum atomic E-state index is -3.62. The number of hydrogen-bond acceptors (Lipinski definition) is 4. The molecule has 1 aliphatic heterocycles. The molecule has 0 aromatic rings. The van der Waals surface area contributed by atoms with Gasteiger partial charge < -0.3 is 0 Å². The van der Waals surface area contributed by atoms with Crippen molar-refractivity contribution in [2.45, 2.75) is 40.2 Å². The molecule has 104 valence electrons. The van der Waals surface area contributed by atoms with Crippen molar-refractivity contribution in [2.75, 3.05) is 12.3 Å². The van der Waals surface area contributed by atoms with Crippen LogP contribution < -0.4 is 5.32 Å². The Bertz CT molecular complexity index is 450. The molecule has 1 saturated heterocycles. The summed E-state index contributed by atoms with van der Waals surface area (Å²) in [6.45, 7) is 6.86. The summed E-state index contributed by atoms with van der Waals surface area (Å²) in [4.78, 5) is 22.9. The van der Waals surface area contributed by atoms with Crippen LogP contribution in [0.25, 0.3) is 0 Å². The number of carbonyl (C=O) groups excluding carboxylic acids is 2. The maximum absolute atomic E-state index is 12.3. The van der Waals surface area contributed by atoms with Crippen LogP contribution in [0.3, 0.4) is 0 Å². The fourth-order valence-electron chi connectivity index (χ4n) is 1.95. The molecule has 0 saturated carbocycles. The molecule has 0 radical (unpaired) electrons. The highest BCUT2D eigenvalue weighted by molar-refractivity contribution is 7.89. The van der Waals surface area contributed by atoms with Gasteiger partial charge in [-0.2, -0.15) is 4.31 Å². The highest BCUT2D eigenvalue weighted by Crippen LogP contribution is 2.22. The molecule has 2 amide bonds. The van der Waals surface area contributed by atoms with E-state index in [1.807, 2.05) is 0 Å². The molecule has 7 heteroatoms. The molecule has 1 heterocycles. The molecule has 0 spiro atoms. The molecule has 1 aliphatic rings. The molecule has 0 aliphatic carbocycles. The molecule has 18 heavy (non-hydrogen) atoms. The molecule has 1 atom stereocenters. The van der Waals surface area contributed by atoms with Crippen LogP contribution >= 0.6 is 0 Å². The van der Waals surface area contributed by atoms with Gasteiger partial charge in [0, 0.05) is 0 Å². The fraction of sp³-hybridized carbons (Fsp3) is 0.818. The van der Waals surface area contributed by atoms with Gasteiger partial charge in [-0.1, -0.05) is 27.7 Å². The normalized spacial score (nSPS) is 23.0. The van der Waals surface area contributed by atoms with Crippen LogP contribution in [0.1, 0.15) is 34.1 Å². The Hall–Kier alpha value is -0.950. The van der Waals surface area contributed by atoms with Crippen LogP contribution in [0.4, 0.5) is 0 Å². The standard InChI is InChI=1S/C11H20N2O4S/c1-5-8-10(15)12-9(14)6-13(8)18(16,17)7-11(2,3)4/h8H,5-7H2,1-4H3,(H,12,14,15). The van der Waals surface area contributed by atoms with Crippen molar-refractivity contribution in [3.63, 3.8) is 0 Å². The highest BCUT2D eigenvalue weighted by Gasteiger charge is 2.40. The lowest BCUT2D eigenvalue weighted by Crippen LogP contribution is -2.60. The summed E-state index contributed by atoms with van der Waals surface area (Å²) in [5.74, 6) is -1.19. The average molecular weight is 276 g/mol. The quantitative estimate of drug-likeness (QED) is 0.741. The molecular formula is C11H20N2O4S. The summed E-state index contributed by atoms with van der Waals surface area (Å²) in [5.41, 5.74) is -0.423. The van der Waals surface area contributed by atoms with Crippen molar-refractivity contribution in [2.24, 2.45) is 5.41 Å². The van der Waals surface area contributed by atoms with Crippen molar-refractivity contribution in [1.29, 1.82) is 0 Å². The number of nitrogens with zero attached hydrogens (tertiary/aromatic N) is 1. The van der Waals surface area contributed by atoms with E-state index in [1.54, 1.807) is 27.7 Å². The summed E-state index contributed by atoms with van der Waals surface area (Å²) in [6, 6.07) is -0.782. The second-order valence-corrected chi connectivity index (χ2v) is 7.62. The van der Waals surface area contributed by atoms with Crippen molar-refractivity contribution in [3.8, 4) is 0 Å². The molecule has 1 rings (SSSR count). The summed E-state index contributed by atoms with van der Waals surface area (Å²) in [7, 11) is -3.62. The Balaban J connectivity index is 3.04. The molecular weight excluding hydrogens is 256 g/mol. The first-order valence-electron chi connectivity index (χ1n) is 5.90. The summed E-state index contributed by atoms with van der Waals surface area (Å²) in [5, 5.41) is 2.16. The first-order chi connectivity index (χ1) is 8.07. The Morgan fingerprint density at radius 1 is 1.33 bits per heavy atom. The van der Waals surface area contributed by atoms with Crippen LogP contribution in [0.15, 0.2) is 0 Å². The van der Waals surface area contributed by atoms with Gasteiger partial charge >= 0.3 is 0 Å². The van der Waals surface area contributed by atoms with Gasteiger partial charge in [0.1, 0.15) is 6.04 Å². The van der Waals surface area contributed by atoms with E-state index in [9.17, 15) is 18.0 Å². The maximum Gasteiger partial charge on any atom is 0.245 e. The minimum Gasteiger partial charge on any atom is -0.294 e. The van der Waals surface area contributed by atoms with Crippen LogP contribution in [-0.2, 0) is 19.6 Å². The smallest absolute Gasteiger partial charge is 0.245 e. The van der Waals surface area contributed by atoms with Crippen LogP contribution in [0.5, 0.6) is 0 Å². The second-order valence-electron chi connectivity index (χ2n) is 5.70. The largest absolute Gasteiger partial charge is 0.294 e. The van der Waals surface area contributed by atoms with Gasteiger partial charge in [0.15, 0.2) is 0 Å². The zero-order valence-corrected chi connectivity index (χ0v) is 12.0. The first-order valence-corrected chi connectivity index (χ1v) is 7.51. The third kappa shape index (κ3) is 3.52. The first kappa shape index (κ1) is 15.1. The molecule has 0 aromatic carbocycles. The maximum atomic E-state index is 12.3. The minimum absolute atomic E-state index is 0.0863. The van der Waals surface area contributed by atoms with Gasteiger partial charge in [0.2, 0.25) is 21.8 Å². The molecule has 6 nitrogen and oxygen atoms in total. The SMILES string of the molecule is CCC1C(=O)NC(=O)CN1S(=O)(=O)CC(C)(C)C. The summed E-state index contributed by atoms with van der Waals surface area (Å²) < 4.78 is 25.5. The van der Waals surface area contributed by atoms with E-state index in [0.717, 1.165) is 4.31 Å².